The molecule has 4 fully saturated rings. The van der Waals surface area contributed by atoms with Crippen LogP contribution in [-0.2, 0) is 13.1 Å². The van der Waals surface area contributed by atoms with Crippen molar-refractivity contribution in [3.8, 4) is 0 Å². The summed E-state index contributed by atoms with van der Waals surface area (Å²) >= 11 is 0. The highest BCUT2D eigenvalue weighted by Crippen LogP contribution is 2.24. The van der Waals surface area contributed by atoms with Crippen LogP contribution in [0, 0.1) is 5.92 Å². The molecule has 0 radical (unpaired) electrons. The first kappa shape index (κ1) is 43.7. The summed E-state index contributed by atoms with van der Waals surface area (Å²) in [6.45, 7) is 29.8. The summed E-state index contributed by atoms with van der Waals surface area (Å²) in [7, 11) is 2.43. The summed E-state index contributed by atoms with van der Waals surface area (Å²) < 4.78 is 0. The van der Waals surface area contributed by atoms with Crippen molar-refractivity contribution in [3.05, 3.63) is 71.8 Å². The van der Waals surface area contributed by atoms with E-state index in [-0.39, 0.29) is 0 Å². The second kappa shape index (κ2) is 24.3. The Balaban J connectivity index is 1.21. The van der Waals surface area contributed by atoms with E-state index >= 15 is 0 Å². The van der Waals surface area contributed by atoms with Gasteiger partial charge in [-0.15, -0.1) is 0 Å². The van der Waals surface area contributed by atoms with Gasteiger partial charge in [-0.05, 0) is 89.4 Å². The zero-order valence-electron chi connectivity index (χ0n) is 36.3. The lowest BCUT2D eigenvalue weighted by Crippen LogP contribution is -2.55. The van der Waals surface area contributed by atoms with Crippen molar-refractivity contribution in [1.29, 1.82) is 0 Å². The fraction of sp³-hybridized carbons (Fsp3) is 0.750. The molecule has 0 N–H and O–H groups in total. The molecule has 2 aromatic carbocycles. The van der Waals surface area contributed by atoms with E-state index in [1.165, 1.54) is 180 Å². The minimum Gasteiger partial charge on any atom is -0.305 e. The van der Waals surface area contributed by atoms with Gasteiger partial charge in [-0.3, -0.25) is 14.7 Å². The van der Waals surface area contributed by atoms with Crippen LogP contribution in [-0.4, -0.2) is 183 Å². The lowest BCUT2D eigenvalue weighted by molar-refractivity contribution is 0.0324. The molecule has 4 saturated heterocycles. The summed E-state index contributed by atoms with van der Waals surface area (Å²) in [4.78, 5) is 22.7. The van der Waals surface area contributed by atoms with E-state index in [1.54, 1.807) is 0 Å². The predicted octanol–water partition coefficient (Wildman–Crippen LogP) is 6.39. The van der Waals surface area contributed by atoms with Gasteiger partial charge in [0.15, 0.2) is 0 Å². The van der Waals surface area contributed by atoms with Crippen LogP contribution in [0.4, 0.5) is 0 Å². The molecule has 4 heterocycles. The third kappa shape index (κ3) is 14.7. The monoisotopic (exact) mass is 771 g/mol. The van der Waals surface area contributed by atoms with Gasteiger partial charge in [0.1, 0.15) is 0 Å². The first-order valence-electron chi connectivity index (χ1n) is 23.4. The lowest BCUT2D eigenvalue weighted by Gasteiger charge is -2.45. The third-order valence-electron chi connectivity index (χ3n) is 13.9. The van der Waals surface area contributed by atoms with Crippen LogP contribution in [0.3, 0.4) is 0 Å². The molecule has 8 heteroatoms. The van der Waals surface area contributed by atoms with Crippen LogP contribution in [0.25, 0.3) is 0 Å². The van der Waals surface area contributed by atoms with Crippen LogP contribution in [0.2, 0.25) is 0 Å². The van der Waals surface area contributed by atoms with Crippen LogP contribution in [0.1, 0.15) is 82.8 Å². The molecule has 4 aliphatic rings. The first-order chi connectivity index (χ1) is 27.5. The van der Waals surface area contributed by atoms with Gasteiger partial charge >= 0.3 is 0 Å². The Hall–Kier alpha value is -1.88. The van der Waals surface area contributed by atoms with E-state index in [0.29, 0.717) is 18.0 Å². The first-order valence-corrected chi connectivity index (χ1v) is 23.4. The third-order valence-corrected chi connectivity index (χ3v) is 13.9. The Morgan fingerprint density at radius 3 is 1.86 bits per heavy atom. The summed E-state index contributed by atoms with van der Waals surface area (Å²) in [5, 5.41) is 0. The number of unbranched alkanes of at least 4 members (excludes halogenated alkanes) is 4. The summed E-state index contributed by atoms with van der Waals surface area (Å²) in [5.74, 6) is 0.611. The second-order valence-electron chi connectivity index (χ2n) is 18.2. The van der Waals surface area contributed by atoms with Crippen molar-refractivity contribution in [3.63, 3.8) is 0 Å². The molecule has 0 aliphatic carbocycles. The molecular formula is C48H82N8. The molecule has 8 nitrogen and oxygen atoms in total. The van der Waals surface area contributed by atoms with Gasteiger partial charge in [0, 0.05) is 117 Å². The standard InChI is InChI=1S/C48H82N8/c1-4-5-6-7-10-17-44(2)55-26-16-24-50-29-28-49(3)42-47(43-54(35-32-50)37-38-55)48-22-27-52-31-30-51(36-39-56(48)41-46-20-13-9-14-21-46)23-15-25-53(34-33-52)40-45-18-11-8-12-19-45/h8-9,11-14,18-21,44,47-48H,4-7,10,15-17,22-43H2,1-3H3. The van der Waals surface area contributed by atoms with Crippen LogP contribution < -0.4 is 0 Å². The average Bonchev–Trinajstić information content (AvgIpc) is 3.22. The molecule has 7 atom stereocenters. The van der Waals surface area contributed by atoms with Crippen molar-refractivity contribution in [2.75, 3.05) is 131 Å². The number of hydrogen-bond donors (Lipinski definition) is 0. The summed E-state index contributed by atoms with van der Waals surface area (Å²) in [5.41, 5.74) is 2.92. The van der Waals surface area contributed by atoms with Crippen molar-refractivity contribution in [2.24, 2.45) is 5.92 Å². The molecule has 4 bridgehead atoms. The van der Waals surface area contributed by atoms with Gasteiger partial charge in [0.2, 0.25) is 0 Å². The van der Waals surface area contributed by atoms with E-state index in [2.05, 4.69) is 121 Å². The van der Waals surface area contributed by atoms with Crippen LogP contribution in [0.5, 0.6) is 0 Å². The van der Waals surface area contributed by atoms with Gasteiger partial charge in [0.05, 0.1) is 0 Å². The van der Waals surface area contributed by atoms with Crippen LogP contribution >= 0.6 is 0 Å². The lowest BCUT2D eigenvalue weighted by atomic mass is 9.92. The molecule has 0 amide bonds. The zero-order chi connectivity index (χ0) is 38.8. The fourth-order valence-electron chi connectivity index (χ4n) is 10.2. The quantitative estimate of drug-likeness (QED) is 0.230. The maximum absolute atomic E-state index is 2.96. The van der Waals surface area contributed by atoms with E-state index in [1.807, 2.05) is 0 Å². The van der Waals surface area contributed by atoms with Crippen molar-refractivity contribution < 1.29 is 0 Å². The Morgan fingerprint density at radius 1 is 0.536 bits per heavy atom. The number of likely N-dealkylation sites (N-methyl/N-ethyl adjacent to an activating group) is 1. The number of benzene rings is 2. The highest BCUT2D eigenvalue weighted by Gasteiger charge is 2.33. The Bertz CT molecular complexity index is 1310. The Kier molecular flexibility index (Phi) is 18.9. The highest BCUT2D eigenvalue weighted by molar-refractivity contribution is 5.15. The molecule has 0 spiro atoms. The van der Waals surface area contributed by atoms with E-state index in [9.17, 15) is 0 Å². The highest BCUT2D eigenvalue weighted by atomic mass is 15.3. The molecule has 0 aromatic heterocycles. The molecule has 56 heavy (non-hydrogen) atoms. The van der Waals surface area contributed by atoms with Gasteiger partial charge in [-0.2, -0.15) is 0 Å². The summed E-state index contributed by atoms with van der Waals surface area (Å²) in [6.07, 6.45) is 12.1. The largest absolute Gasteiger partial charge is 0.305 e. The molecule has 314 valence electrons. The number of nitrogens with zero attached hydrogens (tertiary/aromatic N) is 8. The molecule has 6 rings (SSSR count). The second-order valence-corrected chi connectivity index (χ2v) is 18.2. The predicted molar refractivity (Wildman–Crippen MR) is 237 cm³/mol. The minimum atomic E-state index is 0.549. The van der Waals surface area contributed by atoms with Gasteiger partial charge in [0.25, 0.3) is 0 Å². The maximum Gasteiger partial charge on any atom is 0.0237 e. The molecule has 4 aliphatic heterocycles. The number of fused-ring (bicyclic) bond motifs is 6. The van der Waals surface area contributed by atoms with Crippen molar-refractivity contribution >= 4 is 0 Å². The van der Waals surface area contributed by atoms with Crippen molar-refractivity contribution in [2.45, 2.75) is 96.8 Å². The maximum atomic E-state index is 2.96. The summed E-state index contributed by atoms with van der Waals surface area (Å²) in [6, 6.07) is 23.8. The topological polar surface area (TPSA) is 25.9 Å². The zero-order valence-corrected chi connectivity index (χ0v) is 36.3. The smallest absolute Gasteiger partial charge is 0.0237 e. The average molecular weight is 771 g/mol. The van der Waals surface area contributed by atoms with Gasteiger partial charge in [-0.25, -0.2) is 0 Å². The number of hydrogen-bond acceptors (Lipinski definition) is 8. The molecule has 0 saturated carbocycles. The molecule has 2 aromatic rings. The molecule has 7 unspecified atom stereocenters. The number of rotatable bonds is 12. The van der Waals surface area contributed by atoms with E-state index < -0.39 is 0 Å². The van der Waals surface area contributed by atoms with Gasteiger partial charge in [-0.1, -0.05) is 99.7 Å². The van der Waals surface area contributed by atoms with Crippen LogP contribution in [0.15, 0.2) is 60.7 Å². The minimum absolute atomic E-state index is 0.549. The van der Waals surface area contributed by atoms with E-state index in [0.717, 1.165) is 26.2 Å². The molecular weight excluding hydrogens is 689 g/mol. The normalized spacial score (nSPS) is 29.8. The Labute approximate surface area is 344 Å². The Morgan fingerprint density at radius 2 is 1.12 bits per heavy atom. The van der Waals surface area contributed by atoms with E-state index in [4.69, 9.17) is 0 Å². The fourth-order valence-corrected chi connectivity index (χ4v) is 10.2. The SMILES string of the molecule is CCCCCCCC(C)N1CCCN2CCN(C)CC(C3CCN4CCN(CCCN(Cc5ccccc5)CC4)CCN3Cc3ccccc3)CN(CC2)CC1. The van der Waals surface area contributed by atoms with Gasteiger partial charge < -0.3 is 24.5 Å². The van der Waals surface area contributed by atoms with Crippen molar-refractivity contribution in [1.82, 2.24) is 39.2 Å².